The van der Waals surface area contributed by atoms with Crippen LogP contribution in [0.1, 0.15) is 47.8 Å². The van der Waals surface area contributed by atoms with Crippen molar-refractivity contribution >= 4 is 14.6 Å². The minimum Gasteiger partial charge on any atom is -0.416 e. The van der Waals surface area contributed by atoms with E-state index < -0.39 is 8.32 Å². The molecule has 2 nitrogen and oxygen atoms in total. The van der Waals surface area contributed by atoms with Crippen molar-refractivity contribution in [3.05, 3.63) is 70.8 Å². The molecule has 0 aliphatic rings. The molecule has 3 heteroatoms. The molecule has 2 aromatic carbocycles. The maximum Gasteiger partial charge on any atom is 0.191 e. The van der Waals surface area contributed by atoms with Crippen molar-refractivity contribution < 1.29 is 9.22 Å². The number of carbonyl (C=O) groups excluding carboxylic acids is 1. The van der Waals surface area contributed by atoms with Gasteiger partial charge in [0.2, 0.25) is 0 Å². The fraction of sp³-hybridized carbons (Fsp3) is 0.348. The largest absolute Gasteiger partial charge is 0.416 e. The van der Waals surface area contributed by atoms with Gasteiger partial charge in [-0.2, -0.15) is 0 Å². The van der Waals surface area contributed by atoms with Crippen molar-refractivity contribution in [2.24, 2.45) is 0 Å². The average molecular weight is 365 g/mol. The fourth-order valence-electron chi connectivity index (χ4n) is 2.34. The lowest BCUT2D eigenvalue weighted by atomic mass is 10.0. The molecule has 0 saturated heterocycles. The zero-order valence-electron chi connectivity index (χ0n) is 16.4. The van der Waals surface area contributed by atoms with Gasteiger partial charge >= 0.3 is 0 Å². The van der Waals surface area contributed by atoms with Crippen molar-refractivity contribution in [1.82, 2.24) is 0 Å². The van der Waals surface area contributed by atoms with Crippen LogP contribution in [0.5, 0.6) is 0 Å². The van der Waals surface area contributed by atoms with Crippen LogP contribution in [-0.4, -0.2) is 21.2 Å². The molecule has 2 rings (SSSR count). The second kappa shape index (κ2) is 8.49. The Balaban J connectivity index is 2.14. The van der Waals surface area contributed by atoms with E-state index in [0.29, 0.717) is 12.2 Å². The third-order valence-corrected chi connectivity index (χ3v) is 9.62. The SMILES string of the molecule is CC(C)(C)[Si](C)(C)OCCc1ccccc1C#Cc1ccccc1C=O. The topological polar surface area (TPSA) is 26.3 Å². The molecule has 0 unspecified atom stereocenters. The number of hydrogen-bond acceptors (Lipinski definition) is 2. The van der Waals surface area contributed by atoms with Crippen molar-refractivity contribution in [2.45, 2.75) is 45.3 Å². The van der Waals surface area contributed by atoms with Crippen LogP contribution in [-0.2, 0) is 10.8 Å². The second-order valence-corrected chi connectivity index (χ2v) is 12.8. The number of hydrogen-bond donors (Lipinski definition) is 0. The molecule has 0 aliphatic heterocycles. The van der Waals surface area contributed by atoms with Gasteiger partial charge in [-0.05, 0) is 42.2 Å². The lowest BCUT2D eigenvalue weighted by molar-refractivity contribution is 0.112. The molecule has 2 aromatic rings. The zero-order chi connectivity index (χ0) is 19.2. The standard InChI is InChI=1S/C23H28O2Si/c1-23(2,3)26(4,5)25-17-16-21-12-7-6-10-19(21)14-15-20-11-8-9-13-22(20)18-24/h6-13,18H,16-17H2,1-5H3. The predicted molar refractivity (Wildman–Crippen MR) is 111 cm³/mol. The minimum absolute atomic E-state index is 0.213. The van der Waals surface area contributed by atoms with Crippen LogP contribution in [0.25, 0.3) is 0 Å². The summed E-state index contributed by atoms with van der Waals surface area (Å²) in [6.45, 7) is 12.0. The number of rotatable bonds is 5. The summed E-state index contributed by atoms with van der Waals surface area (Å²) < 4.78 is 6.30. The van der Waals surface area contributed by atoms with Gasteiger partial charge in [-0.25, -0.2) is 0 Å². The maximum absolute atomic E-state index is 11.1. The molecule has 0 aromatic heterocycles. The summed E-state index contributed by atoms with van der Waals surface area (Å²) in [6, 6.07) is 15.6. The maximum atomic E-state index is 11.1. The molecule has 136 valence electrons. The normalized spacial score (nSPS) is 11.6. The molecule has 26 heavy (non-hydrogen) atoms. The fourth-order valence-corrected chi connectivity index (χ4v) is 3.39. The van der Waals surface area contributed by atoms with Gasteiger partial charge in [0.1, 0.15) is 0 Å². The predicted octanol–water partition coefficient (Wildman–Crippen LogP) is 5.46. The van der Waals surface area contributed by atoms with Gasteiger partial charge in [-0.3, -0.25) is 4.79 Å². The summed E-state index contributed by atoms with van der Waals surface area (Å²) in [6.07, 6.45) is 1.69. The Kier molecular flexibility index (Phi) is 6.58. The van der Waals surface area contributed by atoms with Crippen LogP contribution < -0.4 is 0 Å². The molecular formula is C23H28O2Si. The van der Waals surface area contributed by atoms with Crippen LogP contribution in [0, 0.1) is 11.8 Å². The van der Waals surface area contributed by atoms with E-state index >= 15 is 0 Å². The van der Waals surface area contributed by atoms with Crippen LogP contribution in [0.15, 0.2) is 48.5 Å². The van der Waals surface area contributed by atoms with Crippen LogP contribution >= 0.6 is 0 Å². The van der Waals surface area contributed by atoms with E-state index in [1.807, 2.05) is 36.4 Å². The van der Waals surface area contributed by atoms with Gasteiger partial charge in [0.05, 0.1) is 0 Å². The van der Waals surface area contributed by atoms with Gasteiger partial charge in [0.25, 0.3) is 0 Å². The van der Waals surface area contributed by atoms with Crippen molar-refractivity contribution in [3.63, 3.8) is 0 Å². The van der Waals surface area contributed by atoms with Crippen LogP contribution in [0.3, 0.4) is 0 Å². The van der Waals surface area contributed by atoms with Crippen molar-refractivity contribution in [3.8, 4) is 11.8 Å². The summed E-state index contributed by atoms with van der Waals surface area (Å²) in [5.41, 5.74) is 3.56. The second-order valence-electron chi connectivity index (χ2n) is 7.97. The highest BCUT2D eigenvalue weighted by atomic mass is 28.4. The number of carbonyl (C=O) groups is 1. The zero-order valence-corrected chi connectivity index (χ0v) is 17.4. The molecule has 0 spiro atoms. The highest BCUT2D eigenvalue weighted by molar-refractivity contribution is 6.74. The van der Waals surface area contributed by atoms with Gasteiger partial charge in [0, 0.05) is 23.3 Å². The summed E-state index contributed by atoms with van der Waals surface area (Å²) in [5.74, 6) is 6.37. The summed E-state index contributed by atoms with van der Waals surface area (Å²) in [5, 5.41) is 0.213. The first kappa shape index (κ1) is 20.2. The summed E-state index contributed by atoms with van der Waals surface area (Å²) in [7, 11) is -1.73. The summed E-state index contributed by atoms with van der Waals surface area (Å²) >= 11 is 0. The molecule has 0 bridgehead atoms. The van der Waals surface area contributed by atoms with Crippen LogP contribution in [0.2, 0.25) is 18.1 Å². The molecule has 0 N–H and O–H groups in total. The summed E-state index contributed by atoms with van der Waals surface area (Å²) in [4.78, 5) is 11.1. The number of benzene rings is 2. The first-order valence-electron chi connectivity index (χ1n) is 9.03. The highest BCUT2D eigenvalue weighted by Gasteiger charge is 2.36. The van der Waals surface area contributed by atoms with E-state index in [2.05, 4.69) is 51.8 Å². The van der Waals surface area contributed by atoms with E-state index in [4.69, 9.17) is 4.43 Å². The average Bonchev–Trinajstić information content (AvgIpc) is 2.60. The van der Waals surface area contributed by atoms with E-state index in [-0.39, 0.29) is 5.04 Å². The molecule has 0 fully saturated rings. The van der Waals surface area contributed by atoms with Crippen molar-refractivity contribution in [1.29, 1.82) is 0 Å². The molecule has 0 heterocycles. The Labute approximate surface area is 158 Å². The lowest BCUT2D eigenvalue weighted by Gasteiger charge is -2.36. The molecular weight excluding hydrogens is 336 g/mol. The monoisotopic (exact) mass is 364 g/mol. The Morgan fingerprint density at radius 3 is 2.19 bits per heavy atom. The van der Waals surface area contributed by atoms with E-state index in [9.17, 15) is 4.79 Å². The van der Waals surface area contributed by atoms with E-state index in [0.717, 1.165) is 23.8 Å². The third kappa shape index (κ3) is 5.17. The Morgan fingerprint density at radius 2 is 1.54 bits per heavy atom. The Hall–Kier alpha value is -2.15. The Bertz CT molecular complexity index is 820. The smallest absolute Gasteiger partial charge is 0.191 e. The Morgan fingerprint density at radius 1 is 0.962 bits per heavy atom. The van der Waals surface area contributed by atoms with Gasteiger partial charge in [-0.1, -0.05) is 69.0 Å². The van der Waals surface area contributed by atoms with Crippen LogP contribution in [0.4, 0.5) is 0 Å². The first-order chi connectivity index (χ1) is 12.2. The molecule has 0 atom stereocenters. The molecule has 0 radical (unpaired) electrons. The minimum atomic E-state index is -1.73. The van der Waals surface area contributed by atoms with Gasteiger partial charge in [-0.15, -0.1) is 0 Å². The quantitative estimate of drug-likeness (QED) is 0.400. The van der Waals surface area contributed by atoms with E-state index in [1.54, 1.807) is 6.07 Å². The molecule has 0 saturated carbocycles. The van der Waals surface area contributed by atoms with Gasteiger partial charge in [0.15, 0.2) is 14.6 Å². The lowest BCUT2D eigenvalue weighted by Crippen LogP contribution is -2.41. The third-order valence-electron chi connectivity index (χ3n) is 5.08. The molecule has 0 aliphatic carbocycles. The van der Waals surface area contributed by atoms with E-state index in [1.165, 1.54) is 5.56 Å². The molecule has 0 amide bonds. The number of aldehydes is 1. The van der Waals surface area contributed by atoms with Crippen molar-refractivity contribution in [2.75, 3.05) is 6.61 Å². The highest BCUT2D eigenvalue weighted by Crippen LogP contribution is 2.36. The van der Waals surface area contributed by atoms with Gasteiger partial charge < -0.3 is 4.43 Å². The first-order valence-corrected chi connectivity index (χ1v) is 11.9.